The van der Waals surface area contributed by atoms with E-state index in [9.17, 15) is 5.11 Å². The zero-order valence-electron chi connectivity index (χ0n) is 10.5. The summed E-state index contributed by atoms with van der Waals surface area (Å²) in [6, 6.07) is 6.22. The Hall–Kier alpha value is -1.06. The van der Waals surface area contributed by atoms with Gasteiger partial charge in [0.05, 0.1) is 26.9 Å². The molecular weight excluding hydrogens is 216 g/mol. The van der Waals surface area contributed by atoms with Crippen molar-refractivity contribution >= 4 is 0 Å². The van der Waals surface area contributed by atoms with E-state index in [1.165, 1.54) is 5.56 Å². The molecule has 0 spiro atoms. The van der Waals surface area contributed by atoms with E-state index in [0.717, 1.165) is 30.9 Å². The van der Waals surface area contributed by atoms with E-state index >= 15 is 0 Å². The predicted molar refractivity (Wildman–Crippen MR) is 66.5 cm³/mol. The van der Waals surface area contributed by atoms with Crippen molar-refractivity contribution in [3.8, 4) is 5.75 Å². The first-order chi connectivity index (χ1) is 8.30. The summed E-state index contributed by atoms with van der Waals surface area (Å²) in [7, 11) is 1.68. The molecule has 1 fully saturated rings. The van der Waals surface area contributed by atoms with Crippen molar-refractivity contribution in [2.24, 2.45) is 5.92 Å². The second kappa shape index (κ2) is 5.52. The number of hydrogen-bond acceptors (Lipinski definition) is 3. The molecule has 1 unspecified atom stereocenters. The Balaban J connectivity index is 2.31. The molecule has 17 heavy (non-hydrogen) atoms. The minimum absolute atomic E-state index is 0.130. The second-order valence-corrected chi connectivity index (χ2v) is 4.52. The van der Waals surface area contributed by atoms with Crippen molar-refractivity contribution in [2.75, 3.05) is 26.9 Å². The van der Waals surface area contributed by atoms with Gasteiger partial charge in [-0.15, -0.1) is 0 Å². The number of hydrogen-bond donors (Lipinski definition) is 1. The molecule has 0 radical (unpaired) electrons. The van der Waals surface area contributed by atoms with Crippen molar-refractivity contribution in [3.05, 3.63) is 29.3 Å². The number of aliphatic hydroxyl groups is 1. The molecule has 0 aliphatic carbocycles. The molecule has 3 heteroatoms. The topological polar surface area (TPSA) is 38.7 Å². The average molecular weight is 236 g/mol. The standard InChI is InChI=1S/C14H20O3/c1-3-10-4-5-14(16-2)12(6-10)13(7-15)11-8-17-9-11/h4-6,11,13,15H,3,7-9H2,1-2H3. The van der Waals surface area contributed by atoms with Crippen LogP contribution in [0.3, 0.4) is 0 Å². The largest absolute Gasteiger partial charge is 0.496 e. The van der Waals surface area contributed by atoms with Crippen molar-refractivity contribution in [1.29, 1.82) is 0 Å². The van der Waals surface area contributed by atoms with Crippen molar-refractivity contribution in [1.82, 2.24) is 0 Å². The highest BCUT2D eigenvalue weighted by molar-refractivity contribution is 5.40. The lowest BCUT2D eigenvalue weighted by Crippen LogP contribution is -2.35. The van der Waals surface area contributed by atoms with Crippen LogP contribution in [0.2, 0.25) is 0 Å². The fraction of sp³-hybridized carbons (Fsp3) is 0.571. The van der Waals surface area contributed by atoms with Gasteiger partial charge in [0.1, 0.15) is 5.75 Å². The molecule has 0 saturated carbocycles. The van der Waals surface area contributed by atoms with Crippen LogP contribution in [0.4, 0.5) is 0 Å². The van der Waals surface area contributed by atoms with Gasteiger partial charge in [-0.1, -0.05) is 19.1 Å². The molecule has 0 bridgehead atoms. The van der Waals surface area contributed by atoms with Crippen LogP contribution in [0.5, 0.6) is 5.75 Å². The zero-order valence-corrected chi connectivity index (χ0v) is 10.5. The van der Waals surface area contributed by atoms with E-state index in [0.29, 0.717) is 5.92 Å². The maximum Gasteiger partial charge on any atom is 0.122 e. The molecule has 0 amide bonds. The molecule has 1 atom stereocenters. The molecule has 1 aliphatic heterocycles. The lowest BCUT2D eigenvalue weighted by Gasteiger charge is -2.33. The lowest BCUT2D eigenvalue weighted by molar-refractivity contribution is -0.0530. The fourth-order valence-electron chi connectivity index (χ4n) is 2.28. The first-order valence-electron chi connectivity index (χ1n) is 6.15. The van der Waals surface area contributed by atoms with Crippen LogP contribution in [0, 0.1) is 5.92 Å². The molecule has 1 aromatic rings. The highest BCUT2D eigenvalue weighted by atomic mass is 16.5. The fourth-order valence-corrected chi connectivity index (χ4v) is 2.28. The summed E-state index contributed by atoms with van der Waals surface area (Å²) in [5, 5.41) is 9.59. The molecular formula is C14H20O3. The third-order valence-electron chi connectivity index (χ3n) is 3.53. The van der Waals surface area contributed by atoms with Crippen LogP contribution in [0.1, 0.15) is 24.0 Å². The summed E-state index contributed by atoms with van der Waals surface area (Å²) >= 11 is 0. The third kappa shape index (κ3) is 2.45. The maximum atomic E-state index is 9.59. The number of aryl methyl sites for hydroxylation is 1. The molecule has 1 aliphatic rings. The molecule has 1 heterocycles. The lowest BCUT2D eigenvalue weighted by atomic mass is 9.84. The van der Waals surface area contributed by atoms with Gasteiger partial charge in [-0.05, 0) is 18.1 Å². The van der Waals surface area contributed by atoms with E-state index in [-0.39, 0.29) is 12.5 Å². The Morgan fingerprint density at radius 2 is 2.24 bits per heavy atom. The molecule has 0 aromatic heterocycles. The quantitative estimate of drug-likeness (QED) is 0.849. The smallest absolute Gasteiger partial charge is 0.122 e. The van der Waals surface area contributed by atoms with E-state index in [1.807, 2.05) is 6.07 Å². The Morgan fingerprint density at radius 1 is 1.47 bits per heavy atom. The van der Waals surface area contributed by atoms with Crippen molar-refractivity contribution in [3.63, 3.8) is 0 Å². The van der Waals surface area contributed by atoms with E-state index in [2.05, 4.69) is 19.1 Å². The molecule has 2 rings (SSSR count). The number of methoxy groups -OCH3 is 1. The molecule has 1 saturated heterocycles. The van der Waals surface area contributed by atoms with Gasteiger partial charge in [-0.25, -0.2) is 0 Å². The Morgan fingerprint density at radius 3 is 2.71 bits per heavy atom. The Bertz CT molecular complexity index is 372. The molecule has 3 nitrogen and oxygen atoms in total. The average Bonchev–Trinajstić information content (AvgIpc) is 2.32. The third-order valence-corrected chi connectivity index (χ3v) is 3.53. The normalized spacial score (nSPS) is 17.6. The van der Waals surface area contributed by atoms with Crippen LogP contribution in [-0.2, 0) is 11.2 Å². The summed E-state index contributed by atoms with van der Waals surface area (Å²) in [5.41, 5.74) is 2.39. The van der Waals surface area contributed by atoms with Crippen molar-refractivity contribution < 1.29 is 14.6 Å². The van der Waals surface area contributed by atoms with Gasteiger partial charge in [-0.3, -0.25) is 0 Å². The molecule has 94 valence electrons. The van der Waals surface area contributed by atoms with Crippen LogP contribution in [0.15, 0.2) is 18.2 Å². The van der Waals surface area contributed by atoms with Gasteiger partial charge in [0, 0.05) is 17.4 Å². The summed E-state index contributed by atoms with van der Waals surface area (Å²) < 4.78 is 10.6. The summed E-state index contributed by atoms with van der Waals surface area (Å²) in [6.07, 6.45) is 0.996. The number of rotatable bonds is 5. The SMILES string of the molecule is CCc1ccc(OC)c(C(CO)C2COC2)c1. The molecule has 1 N–H and O–H groups in total. The number of benzene rings is 1. The zero-order chi connectivity index (χ0) is 12.3. The minimum Gasteiger partial charge on any atom is -0.496 e. The van der Waals surface area contributed by atoms with Gasteiger partial charge in [0.25, 0.3) is 0 Å². The van der Waals surface area contributed by atoms with E-state index in [4.69, 9.17) is 9.47 Å². The van der Waals surface area contributed by atoms with E-state index in [1.54, 1.807) is 7.11 Å². The maximum absolute atomic E-state index is 9.59. The van der Waals surface area contributed by atoms with Crippen LogP contribution >= 0.6 is 0 Å². The summed E-state index contributed by atoms with van der Waals surface area (Å²) in [6.45, 7) is 3.76. The highest BCUT2D eigenvalue weighted by Gasteiger charge is 2.31. The highest BCUT2D eigenvalue weighted by Crippen LogP contribution is 2.35. The predicted octanol–water partition coefficient (Wildman–Crippen LogP) is 1.98. The van der Waals surface area contributed by atoms with Crippen LogP contribution < -0.4 is 4.74 Å². The van der Waals surface area contributed by atoms with Gasteiger partial charge in [0.15, 0.2) is 0 Å². The van der Waals surface area contributed by atoms with E-state index < -0.39 is 0 Å². The number of aliphatic hydroxyl groups excluding tert-OH is 1. The van der Waals surface area contributed by atoms with Gasteiger partial charge >= 0.3 is 0 Å². The van der Waals surface area contributed by atoms with Gasteiger partial charge in [-0.2, -0.15) is 0 Å². The minimum atomic E-state index is 0.130. The second-order valence-electron chi connectivity index (χ2n) is 4.52. The summed E-state index contributed by atoms with van der Waals surface area (Å²) in [4.78, 5) is 0. The van der Waals surface area contributed by atoms with Gasteiger partial charge in [0.2, 0.25) is 0 Å². The monoisotopic (exact) mass is 236 g/mol. The number of ether oxygens (including phenoxy) is 2. The van der Waals surface area contributed by atoms with Crippen LogP contribution in [0.25, 0.3) is 0 Å². The van der Waals surface area contributed by atoms with Crippen molar-refractivity contribution in [2.45, 2.75) is 19.3 Å². The first-order valence-corrected chi connectivity index (χ1v) is 6.15. The Labute approximate surface area is 102 Å². The Kier molecular flexibility index (Phi) is 4.02. The molecule has 1 aromatic carbocycles. The first kappa shape index (κ1) is 12.4. The van der Waals surface area contributed by atoms with Crippen LogP contribution in [-0.4, -0.2) is 32.0 Å². The van der Waals surface area contributed by atoms with Gasteiger partial charge < -0.3 is 14.6 Å². The summed E-state index contributed by atoms with van der Waals surface area (Å²) in [5.74, 6) is 1.42.